The van der Waals surface area contributed by atoms with Gasteiger partial charge in [-0.3, -0.25) is 0 Å². The molecule has 0 radical (unpaired) electrons. The summed E-state index contributed by atoms with van der Waals surface area (Å²) in [7, 11) is 3.13. The zero-order valence-electron chi connectivity index (χ0n) is 9.27. The fraction of sp³-hybridized carbons (Fsp3) is 0.700. The van der Waals surface area contributed by atoms with Crippen LogP contribution in [0.2, 0.25) is 0 Å². The quantitative estimate of drug-likeness (QED) is 0.753. The van der Waals surface area contributed by atoms with Gasteiger partial charge in [-0.25, -0.2) is 4.98 Å². The third kappa shape index (κ3) is 4.25. The van der Waals surface area contributed by atoms with E-state index >= 15 is 0 Å². The van der Waals surface area contributed by atoms with Gasteiger partial charge in [0.15, 0.2) is 6.29 Å². The van der Waals surface area contributed by atoms with Crippen molar-refractivity contribution >= 4 is 11.3 Å². The highest BCUT2D eigenvalue weighted by Gasteiger charge is 2.26. The van der Waals surface area contributed by atoms with Crippen molar-refractivity contribution in [3.63, 3.8) is 0 Å². The first kappa shape index (κ1) is 12.6. The number of thiazole rings is 1. The molecule has 5 heteroatoms. The molecule has 1 N–H and O–H groups in total. The van der Waals surface area contributed by atoms with Gasteiger partial charge in [-0.2, -0.15) is 0 Å². The minimum atomic E-state index is -0.853. The van der Waals surface area contributed by atoms with Crippen LogP contribution in [0.4, 0.5) is 0 Å². The van der Waals surface area contributed by atoms with Crippen LogP contribution in [0.5, 0.6) is 0 Å². The largest absolute Gasteiger partial charge is 0.390 e. The highest BCUT2D eigenvalue weighted by molar-refractivity contribution is 7.09. The zero-order valence-corrected chi connectivity index (χ0v) is 10.1. The van der Waals surface area contributed by atoms with E-state index in [1.165, 1.54) is 11.3 Å². The van der Waals surface area contributed by atoms with Crippen molar-refractivity contribution in [1.82, 2.24) is 4.98 Å². The highest BCUT2D eigenvalue weighted by Crippen LogP contribution is 2.21. The second-order valence-electron chi connectivity index (χ2n) is 3.70. The van der Waals surface area contributed by atoms with Gasteiger partial charge in [0, 0.05) is 38.6 Å². The van der Waals surface area contributed by atoms with E-state index in [4.69, 9.17) is 9.47 Å². The number of aliphatic hydroxyl groups is 1. The number of aromatic nitrogens is 1. The third-order valence-corrected chi connectivity index (χ3v) is 2.93. The monoisotopic (exact) mass is 231 g/mol. The molecular weight excluding hydrogens is 214 g/mol. The Bertz CT molecular complexity index is 270. The van der Waals surface area contributed by atoms with E-state index < -0.39 is 5.60 Å². The van der Waals surface area contributed by atoms with Gasteiger partial charge in [0.25, 0.3) is 0 Å². The van der Waals surface area contributed by atoms with Crippen LogP contribution in [-0.4, -0.2) is 36.2 Å². The Balaban J connectivity index is 2.51. The summed E-state index contributed by atoms with van der Waals surface area (Å²) in [5, 5.41) is 12.9. The first-order valence-electron chi connectivity index (χ1n) is 4.74. The summed E-state index contributed by atoms with van der Waals surface area (Å²) in [6.07, 6.45) is 2.31. The maximum absolute atomic E-state index is 10.1. The minimum absolute atomic E-state index is 0.375. The van der Waals surface area contributed by atoms with E-state index in [0.717, 1.165) is 5.01 Å². The number of hydrogen-bond donors (Lipinski definition) is 1. The Hall–Kier alpha value is -0.490. The van der Waals surface area contributed by atoms with Crippen LogP contribution >= 0.6 is 11.3 Å². The molecule has 0 saturated heterocycles. The summed E-state index contributed by atoms with van der Waals surface area (Å²) in [6, 6.07) is 0. The second kappa shape index (κ2) is 5.55. The minimum Gasteiger partial charge on any atom is -0.390 e. The number of ether oxygens (including phenoxy) is 2. The SMILES string of the molecule is COC(CC(C)(O)Cc1nccs1)OC. The Morgan fingerprint density at radius 1 is 1.53 bits per heavy atom. The van der Waals surface area contributed by atoms with Gasteiger partial charge in [0.2, 0.25) is 0 Å². The first-order valence-corrected chi connectivity index (χ1v) is 5.62. The predicted molar refractivity (Wildman–Crippen MR) is 58.9 cm³/mol. The molecule has 1 unspecified atom stereocenters. The lowest BCUT2D eigenvalue weighted by molar-refractivity contribution is -0.139. The number of rotatable bonds is 6. The molecule has 0 aliphatic heterocycles. The van der Waals surface area contributed by atoms with Crippen molar-refractivity contribution in [3.05, 3.63) is 16.6 Å². The summed E-state index contributed by atoms with van der Waals surface area (Å²) < 4.78 is 10.1. The van der Waals surface area contributed by atoms with E-state index in [1.54, 1.807) is 27.3 Å². The fourth-order valence-corrected chi connectivity index (χ4v) is 2.15. The topological polar surface area (TPSA) is 51.6 Å². The van der Waals surface area contributed by atoms with Crippen LogP contribution < -0.4 is 0 Å². The summed E-state index contributed by atoms with van der Waals surface area (Å²) in [6.45, 7) is 1.76. The molecule has 4 nitrogen and oxygen atoms in total. The molecule has 0 fully saturated rings. The number of methoxy groups -OCH3 is 2. The molecule has 0 aliphatic rings. The van der Waals surface area contributed by atoms with Crippen molar-refractivity contribution in [2.45, 2.75) is 31.7 Å². The smallest absolute Gasteiger partial charge is 0.159 e. The summed E-state index contributed by atoms with van der Waals surface area (Å²) in [5.74, 6) is 0. The van der Waals surface area contributed by atoms with Gasteiger partial charge in [-0.1, -0.05) is 0 Å². The summed E-state index contributed by atoms with van der Waals surface area (Å²) in [5.41, 5.74) is -0.853. The normalized spacial score (nSPS) is 15.5. The van der Waals surface area contributed by atoms with Crippen LogP contribution in [-0.2, 0) is 15.9 Å². The van der Waals surface area contributed by atoms with Crippen molar-refractivity contribution in [3.8, 4) is 0 Å². The molecule has 0 bridgehead atoms. The van der Waals surface area contributed by atoms with Crippen molar-refractivity contribution in [2.75, 3.05) is 14.2 Å². The lowest BCUT2D eigenvalue weighted by Crippen LogP contribution is -2.33. The van der Waals surface area contributed by atoms with Crippen LogP contribution in [0.1, 0.15) is 18.4 Å². The highest BCUT2D eigenvalue weighted by atomic mass is 32.1. The molecule has 1 heterocycles. The van der Waals surface area contributed by atoms with Gasteiger partial charge < -0.3 is 14.6 Å². The van der Waals surface area contributed by atoms with Crippen LogP contribution in [0, 0.1) is 0 Å². The van der Waals surface area contributed by atoms with Crippen molar-refractivity contribution < 1.29 is 14.6 Å². The molecule has 0 aliphatic carbocycles. The Kier molecular flexibility index (Phi) is 4.66. The second-order valence-corrected chi connectivity index (χ2v) is 4.68. The molecule has 15 heavy (non-hydrogen) atoms. The molecule has 0 spiro atoms. The van der Waals surface area contributed by atoms with Gasteiger partial charge in [-0.05, 0) is 6.92 Å². The zero-order chi connectivity index (χ0) is 11.3. The number of nitrogens with zero attached hydrogens (tertiary/aromatic N) is 1. The molecule has 86 valence electrons. The van der Waals surface area contributed by atoms with E-state index in [1.807, 2.05) is 5.38 Å². The molecule has 1 aromatic rings. The van der Waals surface area contributed by atoms with Crippen LogP contribution in [0.3, 0.4) is 0 Å². The van der Waals surface area contributed by atoms with Gasteiger partial charge in [-0.15, -0.1) is 11.3 Å². The van der Waals surface area contributed by atoms with Crippen LogP contribution in [0.15, 0.2) is 11.6 Å². The standard InChI is InChI=1S/C10H17NO3S/c1-10(12,7-9(13-2)14-3)6-8-11-4-5-15-8/h4-5,9,12H,6-7H2,1-3H3. The lowest BCUT2D eigenvalue weighted by atomic mass is 9.98. The Labute approximate surface area is 93.9 Å². The fourth-order valence-electron chi connectivity index (χ4n) is 1.36. The Morgan fingerprint density at radius 3 is 2.67 bits per heavy atom. The van der Waals surface area contributed by atoms with E-state index in [2.05, 4.69) is 4.98 Å². The van der Waals surface area contributed by atoms with E-state index in [0.29, 0.717) is 12.8 Å². The van der Waals surface area contributed by atoms with E-state index in [-0.39, 0.29) is 6.29 Å². The predicted octanol–water partition coefficient (Wildman–Crippen LogP) is 1.45. The van der Waals surface area contributed by atoms with Crippen molar-refractivity contribution in [2.24, 2.45) is 0 Å². The average Bonchev–Trinajstić information content (AvgIpc) is 2.66. The van der Waals surface area contributed by atoms with Gasteiger partial charge >= 0.3 is 0 Å². The van der Waals surface area contributed by atoms with Gasteiger partial charge in [0.05, 0.1) is 10.6 Å². The Morgan fingerprint density at radius 2 is 2.20 bits per heavy atom. The summed E-state index contributed by atoms with van der Waals surface area (Å²) >= 11 is 1.54. The maximum Gasteiger partial charge on any atom is 0.159 e. The van der Waals surface area contributed by atoms with E-state index in [9.17, 15) is 5.11 Å². The number of hydrogen-bond acceptors (Lipinski definition) is 5. The molecule has 0 aromatic carbocycles. The average molecular weight is 231 g/mol. The lowest BCUT2D eigenvalue weighted by Gasteiger charge is -2.26. The molecular formula is C10H17NO3S. The van der Waals surface area contributed by atoms with Gasteiger partial charge in [0.1, 0.15) is 0 Å². The first-order chi connectivity index (χ1) is 7.07. The molecule has 1 rings (SSSR count). The third-order valence-electron chi connectivity index (χ3n) is 2.15. The molecule has 0 amide bonds. The summed E-state index contributed by atoms with van der Waals surface area (Å²) in [4.78, 5) is 4.14. The van der Waals surface area contributed by atoms with Crippen LogP contribution in [0.25, 0.3) is 0 Å². The maximum atomic E-state index is 10.1. The van der Waals surface area contributed by atoms with Crippen molar-refractivity contribution in [1.29, 1.82) is 0 Å². The molecule has 1 aromatic heterocycles. The molecule has 0 saturated carbocycles. The molecule has 1 atom stereocenters.